The largest absolute Gasteiger partial charge is 0.372 e. The number of halogens is 4. The molecule has 1 saturated heterocycles. The minimum atomic E-state index is -2.77. The van der Waals surface area contributed by atoms with E-state index >= 15 is 0 Å². The Labute approximate surface area is 191 Å². The molecule has 0 bridgehead atoms. The van der Waals surface area contributed by atoms with Crippen LogP contribution in [0.3, 0.4) is 0 Å². The molecule has 2 heterocycles. The van der Waals surface area contributed by atoms with Crippen molar-refractivity contribution in [3.63, 3.8) is 0 Å². The number of benzene rings is 1. The number of aromatic nitrogens is 1. The smallest absolute Gasteiger partial charge is 0.288 e. The SMILES string of the molecule is O=c1cc2cccnc2ccc1Nc1c(F)cc(N2CO[C@@H](CNC(=S)C(F)F)C2)cc1F. The zero-order chi connectivity index (χ0) is 23.5. The summed E-state index contributed by atoms with van der Waals surface area (Å²) in [6, 6.07) is 9.96. The maximum absolute atomic E-state index is 14.8. The second kappa shape index (κ2) is 9.67. The first-order chi connectivity index (χ1) is 15.8. The second-order valence-corrected chi connectivity index (χ2v) is 7.77. The number of alkyl halides is 2. The van der Waals surface area contributed by atoms with Crippen molar-refractivity contribution in [2.75, 3.05) is 30.0 Å². The quantitative estimate of drug-likeness (QED) is 0.411. The van der Waals surface area contributed by atoms with Gasteiger partial charge in [-0.2, -0.15) is 0 Å². The molecule has 3 aromatic rings. The van der Waals surface area contributed by atoms with Crippen molar-refractivity contribution in [2.45, 2.75) is 12.5 Å². The maximum Gasteiger partial charge on any atom is 0.288 e. The lowest BCUT2D eigenvalue weighted by Gasteiger charge is -2.18. The number of pyridine rings is 1. The molecule has 0 aliphatic carbocycles. The van der Waals surface area contributed by atoms with Gasteiger partial charge in [-0.05, 0) is 36.4 Å². The van der Waals surface area contributed by atoms with Crippen LogP contribution >= 0.6 is 12.2 Å². The van der Waals surface area contributed by atoms with Gasteiger partial charge in [-0.15, -0.1) is 0 Å². The van der Waals surface area contributed by atoms with Crippen LogP contribution in [0.5, 0.6) is 0 Å². The molecule has 4 rings (SSSR count). The van der Waals surface area contributed by atoms with Crippen LogP contribution in [0.25, 0.3) is 10.9 Å². The lowest BCUT2D eigenvalue weighted by Crippen LogP contribution is -2.36. The Morgan fingerprint density at radius 3 is 2.70 bits per heavy atom. The van der Waals surface area contributed by atoms with E-state index in [1.165, 1.54) is 12.1 Å². The minimum Gasteiger partial charge on any atom is -0.372 e. The highest BCUT2D eigenvalue weighted by Crippen LogP contribution is 2.29. The number of hydrogen-bond donors (Lipinski definition) is 2. The molecule has 1 fully saturated rings. The van der Waals surface area contributed by atoms with E-state index in [1.54, 1.807) is 29.3 Å². The van der Waals surface area contributed by atoms with E-state index in [-0.39, 0.29) is 31.2 Å². The van der Waals surface area contributed by atoms with Gasteiger partial charge < -0.3 is 20.3 Å². The van der Waals surface area contributed by atoms with Gasteiger partial charge in [0.2, 0.25) is 5.43 Å². The molecule has 0 radical (unpaired) electrons. The van der Waals surface area contributed by atoms with Crippen LogP contribution in [-0.4, -0.2) is 42.3 Å². The average Bonchev–Trinajstić information content (AvgIpc) is 3.20. The van der Waals surface area contributed by atoms with Crippen molar-refractivity contribution < 1.29 is 22.3 Å². The molecule has 172 valence electrons. The molecule has 1 atom stereocenters. The molecule has 0 amide bonds. The molecule has 11 heteroatoms. The molecule has 0 spiro atoms. The molecule has 1 aliphatic heterocycles. The molecular formula is C22H18F4N4O2S. The highest BCUT2D eigenvalue weighted by Gasteiger charge is 2.26. The Hall–Kier alpha value is -3.31. The zero-order valence-electron chi connectivity index (χ0n) is 17.0. The number of hydrogen-bond acceptors (Lipinski definition) is 6. The van der Waals surface area contributed by atoms with Crippen LogP contribution in [0.15, 0.2) is 53.5 Å². The summed E-state index contributed by atoms with van der Waals surface area (Å²) in [6.45, 7) is 0.298. The molecule has 1 aromatic heterocycles. The highest BCUT2D eigenvalue weighted by molar-refractivity contribution is 7.80. The van der Waals surface area contributed by atoms with Gasteiger partial charge in [0.05, 0.1) is 17.3 Å². The van der Waals surface area contributed by atoms with Gasteiger partial charge in [-0.3, -0.25) is 9.78 Å². The lowest BCUT2D eigenvalue weighted by atomic mass is 10.2. The summed E-state index contributed by atoms with van der Waals surface area (Å²) in [5.41, 5.74) is -0.161. The lowest BCUT2D eigenvalue weighted by molar-refractivity contribution is 0.118. The number of nitrogens with zero attached hydrogens (tertiary/aromatic N) is 2. The van der Waals surface area contributed by atoms with Crippen molar-refractivity contribution in [3.8, 4) is 0 Å². The molecule has 0 saturated carbocycles. The van der Waals surface area contributed by atoms with E-state index in [0.29, 0.717) is 10.9 Å². The first-order valence-electron chi connectivity index (χ1n) is 9.89. The summed E-state index contributed by atoms with van der Waals surface area (Å²) in [7, 11) is 0. The fraction of sp³-hybridized carbons (Fsp3) is 0.227. The van der Waals surface area contributed by atoms with Gasteiger partial charge in [0.25, 0.3) is 6.43 Å². The first-order valence-corrected chi connectivity index (χ1v) is 10.3. The summed E-state index contributed by atoms with van der Waals surface area (Å²) >= 11 is 4.52. The monoisotopic (exact) mass is 478 g/mol. The summed E-state index contributed by atoms with van der Waals surface area (Å²) < 4.78 is 60.0. The highest BCUT2D eigenvalue weighted by atomic mass is 32.1. The summed E-state index contributed by atoms with van der Waals surface area (Å²) in [4.78, 5) is 17.6. The molecular weight excluding hydrogens is 460 g/mol. The number of rotatable bonds is 6. The summed E-state index contributed by atoms with van der Waals surface area (Å²) in [5.74, 6) is -1.81. The van der Waals surface area contributed by atoms with E-state index in [1.807, 2.05) is 0 Å². The van der Waals surface area contributed by atoms with Gasteiger partial charge >= 0.3 is 0 Å². The Bertz CT molecular complexity index is 1240. The number of ether oxygens (including phenoxy) is 1. The van der Waals surface area contributed by atoms with E-state index < -0.39 is 40.3 Å². The van der Waals surface area contributed by atoms with Crippen LogP contribution in [-0.2, 0) is 4.74 Å². The van der Waals surface area contributed by atoms with E-state index in [9.17, 15) is 22.4 Å². The van der Waals surface area contributed by atoms with Gasteiger partial charge in [0.1, 0.15) is 17.4 Å². The third kappa shape index (κ3) is 5.20. The van der Waals surface area contributed by atoms with Crippen molar-refractivity contribution in [3.05, 3.63) is 70.5 Å². The molecule has 1 aliphatic rings. The fourth-order valence-electron chi connectivity index (χ4n) is 3.40. The summed E-state index contributed by atoms with van der Waals surface area (Å²) in [5, 5.41) is 5.55. The number of thiocarbonyl (C=S) groups is 1. The van der Waals surface area contributed by atoms with Crippen molar-refractivity contribution in [1.82, 2.24) is 10.3 Å². The Morgan fingerprint density at radius 1 is 1.21 bits per heavy atom. The van der Waals surface area contributed by atoms with Crippen LogP contribution in [0.4, 0.5) is 34.6 Å². The van der Waals surface area contributed by atoms with Crippen molar-refractivity contribution in [1.29, 1.82) is 0 Å². The van der Waals surface area contributed by atoms with Gasteiger partial charge in [-0.1, -0.05) is 18.3 Å². The van der Waals surface area contributed by atoms with Gasteiger partial charge in [0, 0.05) is 30.4 Å². The van der Waals surface area contributed by atoms with Crippen LogP contribution in [0, 0.1) is 11.6 Å². The topological polar surface area (TPSA) is 66.5 Å². The zero-order valence-corrected chi connectivity index (χ0v) is 17.8. The third-order valence-corrected chi connectivity index (χ3v) is 5.40. The summed E-state index contributed by atoms with van der Waals surface area (Å²) in [6.07, 6.45) is -1.68. The van der Waals surface area contributed by atoms with Crippen molar-refractivity contribution >= 4 is 45.2 Å². The Morgan fingerprint density at radius 2 is 1.97 bits per heavy atom. The van der Waals surface area contributed by atoms with Crippen LogP contribution in [0.1, 0.15) is 0 Å². The number of anilines is 3. The van der Waals surface area contributed by atoms with Crippen molar-refractivity contribution in [2.24, 2.45) is 0 Å². The fourth-order valence-corrected chi connectivity index (χ4v) is 3.48. The predicted molar refractivity (Wildman–Crippen MR) is 121 cm³/mol. The first kappa shape index (κ1) is 22.9. The maximum atomic E-state index is 14.8. The second-order valence-electron chi connectivity index (χ2n) is 7.33. The molecule has 0 unspecified atom stereocenters. The molecule has 2 aromatic carbocycles. The predicted octanol–water partition coefficient (Wildman–Crippen LogP) is 3.96. The number of nitrogens with one attached hydrogen (secondary N) is 2. The normalized spacial score (nSPS) is 15.8. The van der Waals surface area contributed by atoms with E-state index in [4.69, 9.17) is 4.74 Å². The van der Waals surface area contributed by atoms with Gasteiger partial charge in [0.15, 0.2) is 11.6 Å². The molecule has 6 nitrogen and oxygen atoms in total. The van der Waals surface area contributed by atoms with Crippen LogP contribution in [0.2, 0.25) is 0 Å². The van der Waals surface area contributed by atoms with E-state index in [2.05, 4.69) is 27.8 Å². The third-order valence-electron chi connectivity index (χ3n) is 5.08. The minimum absolute atomic E-state index is 0.0100. The number of fused-ring (bicyclic) bond motifs is 1. The standard InChI is InChI=1S/C22H18F4N4O2S/c23-15-7-13(30-10-14(32-11-30)9-28-22(33)21(25)26)8-16(24)20(15)29-18-4-3-17-12(6-19(18)31)2-1-5-27-17/h1-8,14,21H,9-11H2,(H,28,33)(H,29,31)/t14-/m0/s1. The Balaban J connectivity index is 1.50. The van der Waals surface area contributed by atoms with Crippen LogP contribution < -0.4 is 21.0 Å². The average molecular weight is 478 g/mol. The Kier molecular flexibility index (Phi) is 6.70. The van der Waals surface area contributed by atoms with E-state index in [0.717, 1.165) is 12.1 Å². The molecule has 33 heavy (non-hydrogen) atoms. The van der Waals surface area contributed by atoms with Gasteiger partial charge in [-0.25, -0.2) is 17.6 Å². The molecule has 2 N–H and O–H groups in total.